The molecular weight excluding hydrogens is 378 g/mol. The first-order valence-electron chi connectivity index (χ1n) is 9.95. The second-order valence-electron chi connectivity index (χ2n) is 6.72. The molecule has 2 aromatic carbocycles. The smallest absolute Gasteiger partial charge is 0.255 e. The molecule has 1 amide bonds. The average Bonchev–Trinajstić information content (AvgIpc) is 2.75. The Morgan fingerprint density at radius 3 is 2.20 bits per heavy atom. The van der Waals surface area contributed by atoms with Gasteiger partial charge in [0.15, 0.2) is 0 Å². The number of hydrogen-bond acceptors (Lipinski definition) is 6. The molecule has 7 heteroatoms. The van der Waals surface area contributed by atoms with Gasteiger partial charge in [-0.1, -0.05) is 0 Å². The standard InChI is InChI=1S/C23H27N5O2/c1-5-28(6-2)22-15-21(24-16(3)25-22)26-18-9-11-19(12-10-18)27-23(29)17-7-13-20(30-4)14-8-17/h7-15H,5-6H2,1-4H3,(H,27,29)(H,24,25,26). The van der Waals surface area contributed by atoms with Crippen LogP contribution in [0.1, 0.15) is 30.0 Å². The number of hydrogen-bond donors (Lipinski definition) is 2. The second-order valence-corrected chi connectivity index (χ2v) is 6.72. The molecule has 30 heavy (non-hydrogen) atoms. The lowest BCUT2D eigenvalue weighted by Gasteiger charge is -2.20. The topological polar surface area (TPSA) is 79.4 Å². The number of benzene rings is 2. The summed E-state index contributed by atoms with van der Waals surface area (Å²) in [6.45, 7) is 7.86. The number of amides is 1. The molecule has 3 aromatic rings. The van der Waals surface area contributed by atoms with Gasteiger partial charge >= 0.3 is 0 Å². The molecule has 0 spiro atoms. The van der Waals surface area contributed by atoms with Gasteiger partial charge in [0, 0.05) is 36.1 Å². The molecule has 0 atom stereocenters. The SMILES string of the molecule is CCN(CC)c1cc(Nc2ccc(NC(=O)c3ccc(OC)cc3)cc2)nc(C)n1. The summed E-state index contributed by atoms with van der Waals surface area (Å²) in [5.74, 6) is 2.89. The molecule has 0 bridgehead atoms. The highest BCUT2D eigenvalue weighted by atomic mass is 16.5. The molecule has 0 unspecified atom stereocenters. The van der Waals surface area contributed by atoms with Crippen molar-refractivity contribution < 1.29 is 9.53 Å². The molecule has 2 N–H and O–H groups in total. The minimum absolute atomic E-state index is 0.173. The number of aryl methyl sites for hydroxylation is 1. The fraction of sp³-hybridized carbons (Fsp3) is 0.261. The van der Waals surface area contributed by atoms with Crippen molar-refractivity contribution >= 4 is 28.9 Å². The van der Waals surface area contributed by atoms with E-state index < -0.39 is 0 Å². The van der Waals surface area contributed by atoms with Crippen LogP contribution in [0, 0.1) is 6.92 Å². The Labute approximate surface area is 177 Å². The lowest BCUT2D eigenvalue weighted by atomic mass is 10.2. The maximum Gasteiger partial charge on any atom is 0.255 e. The van der Waals surface area contributed by atoms with Gasteiger partial charge in [-0.05, 0) is 69.3 Å². The number of methoxy groups -OCH3 is 1. The highest BCUT2D eigenvalue weighted by molar-refractivity contribution is 6.04. The number of anilines is 4. The number of nitrogens with one attached hydrogen (secondary N) is 2. The van der Waals surface area contributed by atoms with Gasteiger partial charge in [0.2, 0.25) is 0 Å². The van der Waals surface area contributed by atoms with Crippen LogP contribution < -0.4 is 20.3 Å². The van der Waals surface area contributed by atoms with Crippen molar-refractivity contribution in [3.63, 3.8) is 0 Å². The molecule has 156 valence electrons. The van der Waals surface area contributed by atoms with Crippen LogP contribution >= 0.6 is 0 Å². The van der Waals surface area contributed by atoms with E-state index >= 15 is 0 Å². The summed E-state index contributed by atoms with van der Waals surface area (Å²) in [6, 6.07) is 16.4. The molecule has 7 nitrogen and oxygen atoms in total. The lowest BCUT2D eigenvalue weighted by molar-refractivity contribution is 0.102. The predicted octanol–water partition coefficient (Wildman–Crippen LogP) is 4.64. The first-order valence-corrected chi connectivity index (χ1v) is 9.95. The monoisotopic (exact) mass is 405 g/mol. The Bertz CT molecular complexity index is 983. The first kappa shape index (κ1) is 21.1. The Hall–Kier alpha value is -3.61. The second kappa shape index (κ2) is 9.73. The first-order chi connectivity index (χ1) is 14.5. The number of carbonyl (C=O) groups excluding carboxylic acids is 1. The van der Waals surface area contributed by atoms with E-state index in [1.807, 2.05) is 37.3 Å². The maximum absolute atomic E-state index is 12.4. The van der Waals surface area contributed by atoms with Gasteiger partial charge in [0.25, 0.3) is 5.91 Å². The van der Waals surface area contributed by atoms with Crippen molar-refractivity contribution in [3.05, 3.63) is 66.0 Å². The van der Waals surface area contributed by atoms with Crippen LogP contribution in [0.25, 0.3) is 0 Å². The van der Waals surface area contributed by atoms with Crippen LogP contribution in [0.5, 0.6) is 5.75 Å². The van der Waals surface area contributed by atoms with E-state index in [4.69, 9.17) is 4.74 Å². The zero-order valence-electron chi connectivity index (χ0n) is 17.8. The molecule has 1 heterocycles. The molecule has 0 radical (unpaired) electrons. The van der Waals surface area contributed by atoms with E-state index in [0.29, 0.717) is 22.8 Å². The van der Waals surface area contributed by atoms with Gasteiger partial charge in [0.1, 0.15) is 23.2 Å². The van der Waals surface area contributed by atoms with Gasteiger partial charge < -0.3 is 20.3 Å². The molecule has 0 saturated heterocycles. The largest absolute Gasteiger partial charge is 0.497 e. The molecule has 0 fully saturated rings. The predicted molar refractivity (Wildman–Crippen MR) is 121 cm³/mol. The van der Waals surface area contributed by atoms with Crippen LogP contribution in [0.3, 0.4) is 0 Å². The van der Waals surface area contributed by atoms with Crippen molar-refractivity contribution in [1.29, 1.82) is 0 Å². The molecule has 3 rings (SSSR count). The van der Waals surface area contributed by atoms with Crippen LogP contribution in [-0.4, -0.2) is 36.1 Å². The Morgan fingerprint density at radius 2 is 1.60 bits per heavy atom. The van der Waals surface area contributed by atoms with Crippen molar-refractivity contribution in [2.45, 2.75) is 20.8 Å². The molecule has 1 aromatic heterocycles. The zero-order chi connectivity index (χ0) is 21.5. The Morgan fingerprint density at radius 1 is 0.967 bits per heavy atom. The summed E-state index contributed by atoms with van der Waals surface area (Å²) in [4.78, 5) is 23.6. The third-order valence-corrected chi connectivity index (χ3v) is 4.68. The third kappa shape index (κ3) is 5.26. The van der Waals surface area contributed by atoms with Crippen molar-refractivity contribution in [2.24, 2.45) is 0 Å². The average molecular weight is 406 g/mol. The van der Waals surface area contributed by atoms with Crippen molar-refractivity contribution in [3.8, 4) is 5.75 Å². The Balaban J connectivity index is 1.68. The maximum atomic E-state index is 12.4. The molecule has 0 aliphatic heterocycles. The van der Waals surface area contributed by atoms with Gasteiger partial charge in [-0.2, -0.15) is 0 Å². The number of ether oxygens (including phenoxy) is 1. The van der Waals surface area contributed by atoms with Crippen LogP contribution in [-0.2, 0) is 0 Å². The van der Waals surface area contributed by atoms with E-state index in [1.165, 1.54) is 0 Å². The summed E-state index contributed by atoms with van der Waals surface area (Å²) < 4.78 is 5.12. The summed E-state index contributed by atoms with van der Waals surface area (Å²) >= 11 is 0. The Kier molecular flexibility index (Phi) is 6.85. The van der Waals surface area contributed by atoms with Gasteiger partial charge in [-0.3, -0.25) is 4.79 Å². The quantitative estimate of drug-likeness (QED) is 0.569. The molecule has 0 aliphatic rings. The van der Waals surface area contributed by atoms with Gasteiger partial charge in [-0.15, -0.1) is 0 Å². The zero-order valence-corrected chi connectivity index (χ0v) is 17.8. The van der Waals surface area contributed by atoms with Crippen LogP contribution in [0.15, 0.2) is 54.6 Å². The van der Waals surface area contributed by atoms with Crippen molar-refractivity contribution in [1.82, 2.24) is 9.97 Å². The number of nitrogens with zero attached hydrogens (tertiary/aromatic N) is 3. The van der Waals surface area contributed by atoms with E-state index in [0.717, 1.165) is 30.4 Å². The van der Waals surface area contributed by atoms with E-state index in [9.17, 15) is 4.79 Å². The summed E-state index contributed by atoms with van der Waals surface area (Å²) in [7, 11) is 1.60. The minimum Gasteiger partial charge on any atom is -0.497 e. The van der Waals surface area contributed by atoms with Crippen LogP contribution in [0.2, 0.25) is 0 Å². The summed E-state index contributed by atoms with van der Waals surface area (Å²) in [5, 5.41) is 6.20. The van der Waals surface area contributed by atoms with Gasteiger partial charge in [0.05, 0.1) is 7.11 Å². The lowest BCUT2D eigenvalue weighted by Crippen LogP contribution is -2.23. The normalized spacial score (nSPS) is 10.4. The molecular formula is C23H27N5O2. The molecule has 0 saturated carbocycles. The van der Waals surface area contributed by atoms with Gasteiger partial charge in [-0.25, -0.2) is 9.97 Å². The number of carbonyl (C=O) groups is 1. The number of rotatable bonds is 8. The van der Waals surface area contributed by atoms with E-state index in [1.54, 1.807) is 31.4 Å². The third-order valence-electron chi connectivity index (χ3n) is 4.68. The minimum atomic E-state index is -0.173. The summed E-state index contributed by atoms with van der Waals surface area (Å²) in [5.41, 5.74) is 2.16. The van der Waals surface area contributed by atoms with E-state index in [-0.39, 0.29) is 5.91 Å². The fourth-order valence-corrected chi connectivity index (χ4v) is 3.06. The highest BCUT2D eigenvalue weighted by Gasteiger charge is 2.09. The number of aromatic nitrogens is 2. The van der Waals surface area contributed by atoms with E-state index in [2.05, 4.69) is 39.3 Å². The highest BCUT2D eigenvalue weighted by Crippen LogP contribution is 2.22. The fourth-order valence-electron chi connectivity index (χ4n) is 3.06. The molecule has 0 aliphatic carbocycles. The summed E-state index contributed by atoms with van der Waals surface area (Å²) in [6.07, 6.45) is 0. The van der Waals surface area contributed by atoms with Crippen molar-refractivity contribution in [2.75, 3.05) is 35.7 Å². The van der Waals surface area contributed by atoms with Crippen LogP contribution in [0.4, 0.5) is 23.0 Å².